The third-order valence-corrected chi connectivity index (χ3v) is 4.64. The Kier molecular flexibility index (Phi) is 4.47. The summed E-state index contributed by atoms with van der Waals surface area (Å²) in [4.78, 5) is 4.32. The molecule has 0 amide bonds. The van der Waals surface area contributed by atoms with E-state index in [1.165, 1.54) is 42.7 Å². The molecule has 0 unspecified atom stereocenters. The Morgan fingerprint density at radius 1 is 1.32 bits per heavy atom. The Morgan fingerprint density at radius 2 is 2.18 bits per heavy atom. The van der Waals surface area contributed by atoms with Crippen LogP contribution in [0.15, 0.2) is 28.7 Å². The van der Waals surface area contributed by atoms with Gasteiger partial charge in [-0.15, -0.1) is 11.3 Å². The van der Waals surface area contributed by atoms with Gasteiger partial charge in [-0.05, 0) is 37.3 Å². The van der Waals surface area contributed by atoms with Crippen LogP contribution in [0.3, 0.4) is 0 Å². The summed E-state index contributed by atoms with van der Waals surface area (Å²) >= 11 is 1.36. The van der Waals surface area contributed by atoms with Crippen LogP contribution in [0.1, 0.15) is 32.6 Å². The van der Waals surface area contributed by atoms with Crippen LogP contribution in [0, 0.1) is 17.6 Å². The summed E-state index contributed by atoms with van der Waals surface area (Å²) in [5, 5.41) is 6.79. The Hall–Kier alpha value is -1.82. The molecule has 1 atom stereocenters. The monoisotopic (exact) mass is 321 g/mol. The molecule has 1 saturated carbocycles. The molecule has 1 heterocycles. The van der Waals surface area contributed by atoms with Gasteiger partial charge in [-0.25, -0.2) is 13.8 Å². The van der Waals surface area contributed by atoms with Crippen molar-refractivity contribution < 1.29 is 8.78 Å². The number of hydrogen-bond acceptors (Lipinski definition) is 4. The molecule has 0 saturated heterocycles. The third-order valence-electron chi connectivity index (χ3n) is 3.90. The Morgan fingerprint density at radius 3 is 2.95 bits per heavy atom. The van der Waals surface area contributed by atoms with Crippen LogP contribution in [0.4, 0.5) is 13.9 Å². The quantitative estimate of drug-likeness (QED) is 0.802. The van der Waals surface area contributed by atoms with Crippen molar-refractivity contribution in [1.29, 1.82) is 0 Å². The molecule has 0 aliphatic heterocycles. The number of rotatable bonds is 3. The molecule has 22 heavy (non-hydrogen) atoms. The number of halogens is 2. The molecular formula is C16H17F2N3S. The van der Waals surface area contributed by atoms with Crippen molar-refractivity contribution in [3.05, 3.63) is 35.2 Å². The van der Waals surface area contributed by atoms with E-state index in [4.69, 9.17) is 0 Å². The highest BCUT2D eigenvalue weighted by Crippen LogP contribution is 2.28. The van der Waals surface area contributed by atoms with E-state index in [1.54, 1.807) is 5.38 Å². The standard InChI is InChI=1S/C16H17F2N3S/c1-10-4-2-3-5-14(10)20-21-16-19-15(9-22-16)12-7-6-11(17)8-13(12)18/h6-10H,2-5H2,1H3,(H,19,21)/b20-14-/t10-/m1/s1. The van der Waals surface area contributed by atoms with E-state index in [0.29, 0.717) is 22.3 Å². The Balaban J connectivity index is 1.75. The lowest BCUT2D eigenvalue weighted by Crippen LogP contribution is -2.17. The summed E-state index contributed by atoms with van der Waals surface area (Å²) in [7, 11) is 0. The SMILES string of the molecule is C[C@@H]1CCCC/C1=N/Nc1nc(-c2ccc(F)cc2F)cs1. The summed E-state index contributed by atoms with van der Waals surface area (Å²) in [5.41, 5.74) is 4.91. The first-order valence-corrected chi connectivity index (χ1v) is 8.25. The first-order chi connectivity index (χ1) is 10.6. The van der Waals surface area contributed by atoms with Gasteiger partial charge in [0.15, 0.2) is 0 Å². The molecule has 6 heteroatoms. The zero-order chi connectivity index (χ0) is 15.5. The number of benzene rings is 1. The highest BCUT2D eigenvalue weighted by Gasteiger charge is 2.16. The van der Waals surface area contributed by atoms with Crippen molar-refractivity contribution in [2.24, 2.45) is 11.0 Å². The van der Waals surface area contributed by atoms with Gasteiger partial charge in [0, 0.05) is 22.7 Å². The molecule has 2 aromatic rings. The lowest BCUT2D eigenvalue weighted by Gasteiger charge is -2.19. The van der Waals surface area contributed by atoms with Crippen molar-refractivity contribution in [2.45, 2.75) is 32.6 Å². The van der Waals surface area contributed by atoms with Crippen LogP contribution < -0.4 is 5.43 Å². The molecule has 3 rings (SSSR count). The first kappa shape index (κ1) is 15.1. The molecule has 1 N–H and O–H groups in total. The predicted molar refractivity (Wildman–Crippen MR) is 86.2 cm³/mol. The summed E-state index contributed by atoms with van der Waals surface area (Å²) in [6.07, 6.45) is 4.61. The fourth-order valence-corrected chi connectivity index (χ4v) is 3.25. The van der Waals surface area contributed by atoms with E-state index in [1.807, 2.05) is 0 Å². The lowest BCUT2D eigenvalue weighted by molar-refractivity contribution is 0.558. The molecular weight excluding hydrogens is 304 g/mol. The molecule has 1 aromatic carbocycles. The average molecular weight is 321 g/mol. The van der Waals surface area contributed by atoms with E-state index in [2.05, 4.69) is 22.4 Å². The minimum Gasteiger partial charge on any atom is -0.253 e. The van der Waals surface area contributed by atoms with Crippen LogP contribution in [-0.4, -0.2) is 10.7 Å². The zero-order valence-electron chi connectivity index (χ0n) is 12.3. The summed E-state index contributed by atoms with van der Waals surface area (Å²) in [6, 6.07) is 3.50. The van der Waals surface area contributed by atoms with E-state index < -0.39 is 11.6 Å². The van der Waals surface area contributed by atoms with Gasteiger partial charge in [-0.3, -0.25) is 5.43 Å². The summed E-state index contributed by atoms with van der Waals surface area (Å²) in [6.45, 7) is 2.18. The third kappa shape index (κ3) is 3.32. The van der Waals surface area contributed by atoms with E-state index in [0.717, 1.165) is 18.2 Å². The average Bonchev–Trinajstić information content (AvgIpc) is 2.95. The Labute approximate surface area is 132 Å². The van der Waals surface area contributed by atoms with E-state index >= 15 is 0 Å². The topological polar surface area (TPSA) is 37.3 Å². The van der Waals surface area contributed by atoms with Gasteiger partial charge in [0.1, 0.15) is 11.6 Å². The minimum atomic E-state index is -0.607. The maximum atomic E-state index is 13.7. The van der Waals surface area contributed by atoms with Gasteiger partial charge in [0.25, 0.3) is 0 Å². The predicted octanol–water partition coefficient (Wildman–Crippen LogP) is 5.07. The van der Waals surface area contributed by atoms with Gasteiger partial charge in [0.2, 0.25) is 5.13 Å². The van der Waals surface area contributed by atoms with Crippen molar-refractivity contribution in [3.8, 4) is 11.3 Å². The normalized spacial score (nSPS) is 20.3. The molecule has 0 bridgehead atoms. The number of hydrogen-bond donors (Lipinski definition) is 1. The van der Waals surface area contributed by atoms with Crippen molar-refractivity contribution in [3.63, 3.8) is 0 Å². The largest absolute Gasteiger partial charge is 0.253 e. The second-order valence-electron chi connectivity index (χ2n) is 5.52. The Bertz CT molecular complexity index is 696. The zero-order valence-corrected chi connectivity index (χ0v) is 13.1. The van der Waals surface area contributed by atoms with Gasteiger partial charge in [0.05, 0.1) is 5.69 Å². The van der Waals surface area contributed by atoms with Crippen molar-refractivity contribution >= 4 is 22.2 Å². The number of aromatic nitrogens is 1. The number of hydrazone groups is 1. The second-order valence-corrected chi connectivity index (χ2v) is 6.38. The van der Waals surface area contributed by atoms with Gasteiger partial charge in [-0.1, -0.05) is 13.3 Å². The van der Waals surface area contributed by atoms with Gasteiger partial charge < -0.3 is 0 Å². The molecule has 1 aromatic heterocycles. The number of nitrogens with zero attached hydrogens (tertiary/aromatic N) is 2. The summed E-state index contributed by atoms with van der Waals surface area (Å²) in [5.74, 6) is -0.702. The maximum absolute atomic E-state index is 13.7. The molecule has 1 fully saturated rings. The fourth-order valence-electron chi connectivity index (χ4n) is 2.60. The van der Waals surface area contributed by atoms with Crippen LogP contribution >= 0.6 is 11.3 Å². The molecule has 0 spiro atoms. The molecule has 116 valence electrons. The van der Waals surface area contributed by atoms with Crippen LogP contribution in [0.25, 0.3) is 11.3 Å². The number of anilines is 1. The second kappa shape index (κ2) is 6.52. The molecule has 1 aliphatic rings. The number of thiazole rings is 1. The molecule has 0 radical (unpaired) electrons. The fraction of sp³-hybridized carbons (Fsp3) is 0.375. The number of nitrogens with one attached hydrogen (secondary N) is 1. The van der Waals surface area contributed by atoms with Crippen LogP contribution in [0.5, 0.6) is 0 Å². The highest BCUT2D eigenvalue weighted by atomic mass is 32.1. The minimum absolute atomic E-state index is 0.296. The van der Waals surface area contributed by atoms with Gasteiger partial charge >= 0.3 is 0 Å². The van der Waals surface area contributed by atoms with E-state index in [-0.39, 0.29) is 0 Å². The maximum Gasteiger partial charge on any atom is 0.203 e. The van der Waals surface area contributed by atoms with Crippen molar-refractivity contribution in [2.75, 3.05) is 5.43 Å². The van der Waals surface area contributed by atoms with Crippen molar-refractivity contribution in [1.82, 2.24) is 4.98 Å². The lowest BCUT2D eigenvalue weighted by atomic mass is 9.89. The molecule has 3 nitrogen and oxygen atoms in total. The van der Waals surface area contributed by atoms with Crippen LogP contribution in [-0.2, 0) is 0 Å². The highest BCUT2D eigenvalue weighted by molar-refractivity contribution is 7.14. The van der Waals surface area contributed by atoms with Gasteiger partial charge in [-0.2, -0.15) is 5.10 Å². The smallest absolute Gasteiger partial charge is 0.203 e. The van der Waals surface area contributed by atoms with Crippen LogP contribution in [0.2, 0.25) is 0 Å². The molecule has 1 aliphatic carbocycles. The van der Waals surface area contributed by atoms with E-state index in [9.17, 15) is 8.78 Å². The summed E-state index contributed by atoms with van der Waals surface area (Å²) < 4.78 is 26.7. The first-order valence-electron chi connectivity index (χ1n) is 7.37.